The van der Waals surface area contributed by atoms with Gasteiger partial charge in [0.05, 0.1) is 5.69 Å². The number of likely N-dealkylation sites (N-methyl/N-ethyl adjacent to an activating group) is 1. The first kappa shape index (κ1) is 18.7. The maximum absolute atomic E-state index is 4.64. The van der Waals surface area contributed by atoms with Crippen LogP contribution in [0.15, 0.2) is 55.1 Å². The van der Waals surface area contributed by atoms with Crippen LogP contribution < -0.4 is 10.6 Å². The van der Waals surface area contributed by atoms with Crippen LogP contribution in [0.1, 0.15) is 5.56 Å². The van der Waals surface area contributed by atoms with E-state index in [1.165, 1.54) is 5.56 Å². The van der Waals surface area contributed by atoms with E-state index in [-0.39, 0.29) is 0 Å². The summed E-state index contributed by atoms with van der Waals surface area (Å²) in [6.07, 6.45) is 8.10. The molecule has 3 heterocycles. The Hall–Kier alpha value is -3.06. The van der Waals surface area contributed by atoms with Crippen LogP contribution in [0.2, 0.25) is 0 Å². The number of nitrogens with zero attached hydrogens (tertiary/aromatic N) is 5. The Kier molecular flexibility index (Phi) is 6.65. The maximum atomic E-state index is 4.64. The van der Waals surface area contributed by atoms with Crippen LogP contribution in [0, 0.1) is 0 Å². The molecule has 140 valence electrons. The number of rotatable bonds is 9. The molecule has 3 aromatic heterocycles. The Morgan fingerprint density at radius 2 is 1.78 bits per heavy atom. The summed E-state index contributed by atoms with van der Waals surface area (Å²) in [6.45, 7) is 2.47. The molecule has 3 aromatic rings. The Labute approximate surface area is 159 Å². The summed E-state index contributed by atoms with van der Waals surface area (Å²) >= 11 is 0. The Bertz CT molecular complexity index is 822. The molecule has 0 atom stereocenters. The van der Waals surface area contributed by atoms with Crippen LogP contribution in [0.4, 0.5) is 11.8 Å². The van der Waals surface area contributed by atoms with Crippen molar-refractivity contribution in [1.29, 1.82) is 0 Å². The van der Waals surface area contributed by atoms with Crippen LogP contribution in [0.5, 0.6) is 0 Å². The Morgan fingerprint density at radius 3 is 2.52 bits per heavy atom. The van der Waals surface area contributed by atoms with E-state index in [0.29, 0.717) is 5.95 Å². The average Bonchev–Trinajstić information content (AvgIpc) is 2.69. The normalized spacial score (nSPS) is 10.8. The molecule has 0 aliphatic carbocycles. The van der Waals surface area contributed by atoms with Crippen LogP contribution in [-0.4, -0.2) is 58.6 Å². The lowest BCUT2D eigenvalue weighted by atomic mass is 10.2. The van der Waals surface area contributed by atoms with E-state index in [9.17, 15) is 0 Å². The van der Waals surface area contributed by atoms with Gasteiger partial charge in [0.15, 0.2) is 0 Å². The highest BCUT2D eigenvalue weighted by Crippen LogP contribution is 2.20. The minimum absolute atomic E-state index is 0.615. The highest BCUT2D eigenvalue weighted by atomic mass is 15.2. The number of pyridine rings is 2. The van der Waals surface area contributed by atoms with E-state index in [1.54, 1.807) is 6.20 Å². The number of nitrogens with one attached hydrogen (secondary N) is 2. The van der Waals surface area contributed by atoms with E-state index >= 15 is 0 Å². The second-order valence-corrected chi connectivity index (χ2v) is 6.47. The van der Waals surface area contributed by atoms with Crippen LogP contribution in [-0.2, 0) is 6.42 Å². The first-order valence-electron chi connectivity index (χ1n) is 9.01. The average molecular weight is 363 g/mol. The van der Waals surface area contributed by atoms with E-state index in [0.717, 1.165) is 43.1 Å². The van der Waals surface area contributed by atoms with Crippen molar-refractivity contribution in [3.63, 3.8) is 0 Å². The fourth-order valence-electron chi connectivity index (χ4n) is 2.55. The smallest absolute Gasteiger partial charge is 0.225 e. The van der Waals surface area contributed by atoms with Gasteiger partial charge in [0.1, 0.15) is 5.82 Å². The molecular weight excluding hydrogens is 338 g/mol. The maximum Gasteiger partial charge on any atom is 0.225 e. The zero-order chi connectivity index (χ0) is 18.9. The highest BCUT2D eigenvalue weighted by molar-refractivity contribution is 5.63. The van der Waals surface area contributed by atoms with E-state index in [4.69, 9.17) is 0 Å². The lowest BCUT2D eigenvalue weighted by Crippen LogP contribution is -2.21. The molecule has 7 nitrogen and oxygen atoms in total. The number of hydrogen-bond acceptors (Lipinski definition) is 7. The van der Waals surface area contributed by atoms with Gasteiger partial charge in [-0.25, -0.2) is 4.98 Å². The predicted octanol–water partition coefficient (Wildman–Crippen LogP) is 2.56. The van der Waals surface area contributed by atoms with Crippen molar-refractivity contribution >= 4 is 11.8 Å². The molecule has 2 N–H and O–H groups in total. The fourth-order valence-corrected chi connectivity index (χ4v) is 2.55. The fraction of sp³-hybridized carbons (Fsp3) is 0.300. The zero-order valence-electron chi connectivity index (χ0n) is 15.8. The minimum atomic E-state index is 0.615. The lowest BCUT2D eigenvalue weighted by molar-refractivity contribution is 0.425. The third-order valence-electron chi connectivity index (χ3n) is 3.99. The molecule has 0 unspecified atom stereocenters. The van der Waals surface area contributed by atoms with Gasteiger partial charge in [0.2, 0.25) is 5.95 Å². The van der Waals surface area contributed by atoms with E-state index in [1.807, 2.05) is 63.0 Å². The summed E-state index contributed by atoms with van der Waals surface area (Å²) in [7, 11) is 4.08. The lowest BCUT2D eigenvalue weighted by Gasteiger charge is -2.13. The summed E-state index contributed by atoms with van der Waals surface area (Å²) in [6, 6.07) is 9.92. The summed E-state index contributed by atoms with van der Waals surface area (Å²) in [5, 5.41) is 6.70. The molecule has 0 aliphatic heterocycles. The molecular formula is C20H25N7. The SMILES string of the molecule is CN(C)CCNc1nc(NCCc2ccncc2)cc(-c2cccnc2)n1. The van der Waals surface area contributed by atoms with Gasteiger partial charge in [-0.15, -0.1) is 0 Å². The molecule has 0 radical (unpaired) electrons. The third-order valence-corrected chi connectivity index (χ3v) is 3.99. The summed E-state index contributed by atoms with van der Waals surface area (Å²) in [5.41, 5.74) is 3.05. The van der Waals surface area contributed by atoms with Crippen molar-refractivity contribution in [2.75, 3.05) is 44.4 Å². The Morgan fingerprint density at radius 1 is 0.926 bits per heavy atom. The molecule has 0 spiro atoms. The molecule has 3 rings (SSSR count). The number of aromatic nitrogens is 4. The topological polar surface area (TPSA) is 78.9 Å². The predicted molar refractivity (Wildman–Crippen MR) is 109 cm³/mol. The van der Waals surface area contributed by atoms with Crippen molar-refractivity contribution < 1.29 is 0 Å². The summed E-state index contributed by atoms with van der Waals surface area (Å²) in [4.78, 5) is 19.6. The van der Waals surface area contributed by atoms with E-state index in [2.05, 4.69) is 35.5 Å². The molecule has 27 heavy (non-hydrogen) atoms. The molecule has 0 amide bonds. The highest BCUT2D eigenvalue weighted by Gasteiger charge is 2.07. The number of anilines is 2. The van der Waals surface area contributed by atoms with Crippen molar-refractivity contribution in [2.24, 2.45) is 0 Å². The van der Waals surface area contributed by atoms with Crippen LogP contribution in [0.3, 0.4) is 0 Å². The first-order chi connectivity index (χ1) is 13.2. The van der Waals surface area contributed by atoms with Gasteiger partial charge >= 0.3 is 0 Å². The van der Waals surface area contributed by atoms with Crippen LogP contribution in [0.25, 0.3) is 11.3 Å². The zero-order valence-corrected chi connectivity index (χ0v) is 15.8. The second-order valence-electron chi connectivity index (χ2n) is 6.47. The van der Waals surface area contributed by atoms with Gasteiger partial charge < -0.3 is 15.5 Å². The van der Waals surface area contributed by atoms with Gasteiger partial charge in [-0.1, -0.05) is 0 Å². The van der Waals surface area contributed by atoms with Gasteiger partial charge in [0.25, 0.3) is 0 Å². The molecule has 0 aromatic carbocycles. The third kappa shape index (κ3) is 6.00. The van der Waals surface area contributed by atoms with Gasteiger partial charge in [-0.2, -0.15) is 4.98 Å². The van der Waals surface area contributed by atoms with Crippen molar-refractivity contribution in [1.82, 2.24) is 24.8 Å². The summed E-state index contributed by atoms with van der Waals surface area (Å²) < 4.78 is 0. The molecule has 0 saturated heterocycles. The van der Waals surface area contributed by atoms with Gasteiger partial charge in [-0.3, -0.25) is 9.97 Å². The largest absolute Gasteiger partial charge is 0.370 e. The first-order valence-corrected chi connectivity index (χ1v) is 9.01. The van der Waals surface area contributed by atoms with Crippen molar-refractivity contribution in [3.8, 4) is 11.3 Å². The summed E-state index contributed by atoms with van der Waals surface area (Å²) in [5.74, 6) is 1.41. The van der Waals surface area contributed by atoms with E-state index < -0.39 is 0 Å². The second kappa shape index (κ2) is 9.59. The van der Waals surface area contributed by atoms with Crippen molar-refractivity contribution in [3.05, 3.63) is 60.7 Å². The molecule has 0 aliphatic rings. The monoisotopic (exact) mass is 363 g/mol. The Balaban J connectivity index is 1.72. The van der Waals surface area contributed by atoms with Gasteiger partial charge in [-0.05, 0) is 50.3 Å². The molecule has 0 bridgehead atoms. The van der Waals surface area contributed by atoms with Gasteiger partial charge in [0, 0.05) is 56.1 Å². The van der Waals surface area contributed by atoms with Crippen LogP contribution >= 0.6 is 0 Å². The number of hydrogen-bond donors (Lipinski definition) is 2. The van der Waals surface area contributed by atoms with Crippen molar-refractivity contribution in [2.45, 2.75) is 6.42 Å². The minimum Gasteiger partial charge on any atom is -0.370 e. The standard InChI is InChI=1S/C20H25N7/c1-27(2)13-12-24-20-25-18(17-4-3-8-22-15-17)14-19(26-20)23-11-7-16-5-9-21-10-6-16/h3-6,8-10,14-15H,7,11-13H2,1-2H3,(H2,23,24,25,26). The molecule has 0 saturated carbocycles. The molecule has 7 heteroatoms. The molecule has 0 fully saturated rings. The quantitative estimate of drug-likeness (QED) is 0.605.